The Balaban J connectivity index is 1.27. The van der Waals surface area contributed by atoms with E-state index in [2.05, 4.69) is 15.0 Å². The van der Waals surface area contributed by atoms with E-state index in [-0.39, 0.29) is 0 Å². The second kappa shape index (κ2) is 14.0. The Labute approximate surface area is 410 Å². The summed E-state index contributed by atoms with van der Waals surface area (Å²) < 4.78 is 325. The van der Waals surface area contributed by atoms with E-state index in [4.69, 9.17) is 31.8 Å². The average Bonchev–Trinajstić information content (AvgIpc) is 1.52. The van der Waals surface area contributed by atoms with Crippen LogP contribution >= 0.6 is 0 Å². The Morgan fingerprint density at radius 1 is 0.333 bits per heavy atom. The van der Waals surface area contributed by atoms with Gasteiger partial charge in [0.25, 0.3) is 0 Å². The zero-order valence-electron chi connectivity index (χ0n) is 66.1. The molecular weight excluding hydrogens is 771 g/mol. The second-order valence-corrected chi connectivity index (χ2v) is 13.3. The molecule has 0 unspecified atom stereocenters. The van der Waals surface area contributed by atoms with Gasteiger partial charge in [0.1, 0.15) is 0 Å². The molecule has 6 heteroatoms. The first-order valence-electron chi connectivity index (χ1n) is 35.8. The third-order valence-corrected chi connectivity index (χ3v) is 9.89. The maximum atomic E-state index is 10.2. The largest absolute Gasteiger partial charge is 0.452 e. The van der Waals surface area contributed by atoms with E-state index in [1.165, 1.54) is 0 Å². The van der Waals surface area contributed by atoms with E-state index < -0.39 is 334 Å². The van der Waals surface area contributed by atoms with Crippen LogP contribution in [0, 0.1) is 0 Å². The Kier molecular flexibility index (Phi) is 3.35. The summed E-state index contributed by atoms with van der Waals surface area (Å²) in [7, 11) is 0. The summed E-state index contributed by atoms with van der Waals surface area (Å²) >= 11 is 0. The normalized spacial score (nSPS) is 19.6. The number of furan rings is 1. The van der Waals surface area contributed by atoms with Crippen LogP contribution in [0.5, 0.6) is 0 Å². The van der Waals surface area contributed by atoms with E-state index >= 15 is 0 Å². The van der Waals surface area contributed by atoms with Crippen LogP contribution < -0.4 is 0 Å². The lowest BCUT2D eigenvalue weighted by Gasteiger charge is -2.10. The number of benzene rings is 9. The highest BCUT2D eigenvalue weighted by Gasteiger charge is 2.23. The van der Waals surface area contributed by atoms with Gasteiger partial charge in [0, 0.05) is 54.7 Å². The van der Waals surface area contributed by atoms with Crippen LogP contribution in [0.1, 0.15) is 48.0 Å². The average molecular weight is 841 g/mol. The molecule has 0 N–H and O–H groups in total. The van der Waals surface area contributed by atoms with Crippen LogP contribution in [0.4, 0.5) is 0 Å². The van der Waals surface area contributed by atoms with Crippen molar-refractivity contribution in [3.8, 4) is 56.7 Å². The van der Waals surface area contributed by atoms with Crippen LogP contribution in [-0.2, 0) is 0 Å². The molecule has 0 saturated carbocycles. The highest BCUT2D eigenvalue weighted by atomic mass is 16.3. The number of hydrogen-bond acceptors (Lipinski definition) is 4. The quantitative estimate of drug-likeness (QED) is 0.167. The first-order chi connectivity index (χ1) is 45.8. The van der Waals surface area contributed by atoms with Crippen LogP contribution in [0.15, 0.2) is 216 Å². The van der Waals surface area contributed by atoms with Crippen LogP contribution in [0.3, 0.4) is 0 Å². The fourth-order valence-corrected chi connectivity index (χ4v) is 7.28. The molecule has 4 aromatic heterocycles. The molecule has 13 rings (SSSR count). The maximum Gasteiger partial charge on any atom is 0.164 e. The van der Waals surface area contributed by atoms with Crippen LogP contribution in [-0.4, -0.2) is 24.1 Å². The van der Waals surface area contributed by atoms with Crippen molar-refractivity contribution in [2.24, 2.45) is 0 Å². The lowest BCUT2D eigenvalue weighted by Crippen LogP contribution is -2.00. The predicted molar refractivity (Wildman–Crippen MR) is 258 cm³/mol. The van der Waals surface area contributed by atoms with E-state index in [9.17, 15) is 20.6 Å². The topological polar surface area (TPSA) is 61.7 Å². The highest BCUT2D eigenvalue weighted by molar-refractivity contribution is 6.23. The molecule has 0 aliphatic heterocycles. The van der Waals surface area contributed by atoms with Gasteiger partial charge in [-0.1, -0.05) is 169 Å². The van der Waals surface area contributed by atoms with E-state index in [0.717, 1.165) is 4.57 Å². The van der Waals surface area contributed by atoms with Gasteiger partial charge >= 0.3 is 0 Å². The van der Waals surface area contributed by atoms with Crippen molar-refractivity contribution in [3.05, 3.63) is 211 Å². The number of para-hydroxylation sites is 3. The Morgan fingerprint density at radius 2 is 0.810 bits per heavy atom. The van der Waals surface area contributed by atoms with Crippen molar-refractivity contribution in [2.45, 2.75) is 0 Å². The van der Waals surface area contributed by atoms with E-state index in [0.29, 0.717) is 4.57 Å². The molecule has 4 heterocycles. The summed E-state index contributed by atoms with van der Waals surface area (Å²) in [4.78, 5) is 12.9. The minimum atomic E-state index is -1.09. The molecule has 0 atom stereocenters. The van der Waals surface area contributed by atoms with Crippen LogP contribution in [0.2, 0.25) is 0 Å². The van der Waals surface area contributed by atoms with Gasteiger partial charge in [-0.25, -0.2) is 15.0 Å². The molecule has 0 spiro atoms. The van der Waals surface area contributed by atoms with Crippen molar-refractivity contribution >= 4 is 65.6 Å². The molecular formula is C57H35N5O. The van der Waals surface area contributed by atoms with Gasteiger partial charge in [-0.05, 0) is 53.4 Å². The smallest absolute Gasteiger partial charge is 0.164 e. The fourth-order valence-electron chi connectivity index (χ4n) is 7.28. The monoisotopic (exact) mass is 841 g/mol. The summed E-state index contributed by atoms with van der Waals surface area (Å²) in [5.74, 6) is -2.76. The van der Waals surface area contributed by atoms with Gasteiger partial charge in [0.2, 0.25) is 0 Å². The SMILES string of the molecule is [2H]c1c([2H])c([2H])c(-c2nc(-c3c([2H])c([2H])c([2H])c([2H])c3[2H])nc(-c3c([2H])c([2H])c4c5c([2H])c([2H])c6c(oc7c(-n8c9c([2H])c([2H])c([2H])c([2H])c9c9c([2H])c([2H])c(-c%10c([2H])c([2H])c([2H])c([2H])c%10[2H])c([2H])c98)c([2H])c([2H])c([2H])c76)c5n(-c5c([2H])c([2H])c([2H])c([2H])c5[2H])c4c3[2H])n2)c([2H])c1[2H]. The maximum absolute atomic E-state index is 10.2. The van der Waals surface area contributed by atoms with Gasteiger partial charge in [-0.15, -0.1) is 0 Å². The van der Waals surface area contributed by atoms with Gasteiger partial charge in [-0.3, -0.25) is 0 Å². The van der Waals surface area contributed by atoms with Gasteiger partial charge < -0.3 is 13.6 Å². The fraction of sp³-hybridized carbons (Fsp3) is 0. The zero-order chi connectivity index (χ0) is 71.9. The first-order valence-corrected chi connectivity index (χ1v) is 18.3. The number of hydrogen-bond donors (Lipinski definition) is 0. The van der Waals surface area contributed by atoms with Gasteiger partial charge in [0.05, 0.1) is 75.7 Å². The van der Waals surface area contributed by atoms with Crippen molar-refractivity contribution < 1.29 is 52.4 Å². The predicted octanol–water partition coefficient (Wildman–Crippen LogP) is 14.6. The first kappa shape index (κ1) is 15.1. The molecule has 0 bridgehead atoms. The molecule has 0 fully saturated rings. The summed E-state index contributed by atoms with van der Waals surface area (Å²) in [6.45, 7) is 0. The third kappa shape index (κ3) is 5.55. The minimum Gasteiger partial charge on any atom is -0.452 e. The minimum absolute atomic E-state index is 0.610. The molecule has 0 radical (unpaired) electrons. The third-order valence-electron chi connectivity index (χ3n) is 9.89. The molecule has 0 aliphatic carbocycles. The molecule has 0 saturated heterocycles. The second-order valence-electron chi connectivity index (χ2n) is 13.3. The van der Waals surface area contributed by atoms with Crippen molar-refractivity contribution in [3.63, 3.8) is 0 Å². The molecule has 9 aromatic carbocycles. The van der Waals surface area contributed by atoms with E-state index in [1.54, 1.807) is 0 Å². The van der Waals surface area contributed by atoms with Crippen molar-refractivity contribution in [1.29, 1.82) is 0 Å². The van der Waals surface area contributed by atoms with Crippen LogP contribution in [0.25, 0.3) is 122 Å². The summed E-state index contributed by atoms with van der Waals surface area (Å²) in [5, 5.41) is -4.03. The lowest BCUT2D eigenvalue weighted by molar-refractivity contribution is 0.668. The molecule has 0 amide bonds. The zero-order valence-corrected chi connectivity index (χ0v) is 31.1. The summed E-state index contributed by atoms with van der Waals surface area (Å²) in [6.07, 6.45) is 0. The standard InChI is InChI=1S/C57H35N5O/c1-5-16-36(17-6-1)39-28-30-43-42-24-13-14-26-48(42)62(51(43)34-39)49-27-15-25-46-47-33-32-45-44-31-29-40(35-50(44)61(41-22-11-4-12-23-41)52(45)54(47)63-53(46)49)57-59-55(37-18-7-2-8-19-37)58-56(60-57)38-20-9-3-10-21-38/h1-35H/i1D,2D,3D,4D,5D,6D,7D,8D,9D,10D,11D,12D,13D,14D,15D,16D,17D,18D,19D,20D,21D,22D,23D,24D,25D,26D,27D,28D,29D,30D,31D,32D,33D,34D,35D. The van der Waals surface area contributed by atoms with E-state index in [1.807, 2.05) is 0 Å². The number of aromatic nitrogens is 5. The number of fused-ring (bicyclic) bond motifs is 10. The molecule has 0 aliphatic rings. The Morgan fingerprint density at radius 3 is 1.51 bits per heavy atom. The Bertz CT molecular complexity index is 5810. The summed E-state index contributed by atoms with van der Waals surface area (Å²) in [6, 6.07) is -34.5. The molecule has 6 nitrogen and oxygen atoms in total. The lowest BCUT2D eigenvalue weighted by atomic mass is 10.0. The Hall–Kier alpha value is -8.61. The summed E-state index contributed by atoms with van der Waals surface area (Å²) in [5.41, 5.74) is -10.6. The number of nitrogens with zero attached hydrogens (tertiary/aromatic N) is 5. The molecule has 13 aromatic rings. The molecule has 63 heavy (non-hydrogen) atoms. The van der Waals surface area contributed by atoms with Gasteiger partial charge in [-0.2, -0.15) is 0 Å². The van der Waals surface area contributed by atoms with Gasteiger partial charge in [0.15, 0.2) is 28.6 Å². The van der Waals surface area contributed by atoms with Crippen molar-refractivity contribution in [1.82, 2.24) is 24.1 Å². The number of rotatable bonds is 6. The molecule has 294 valence electrons. The highest BCUT2D eigenvalue weighted by Crippen LogP contribution is 2.44. The van der Waals surface area contributed by atoms with Crippen molar-refractivity contribution in [2.75, 3.05) is 0 Å².